The molecular weight excluding hydrogens is 493 g/mol. The first-order valence-electron chi connectivity index (χ1n) is 12.5. The van der Waals surface area contributed by atoms with Crippen LogP contribution in [0.3, 0.4) is 0 Å². The fraction of sp³-hybridized carbons (Fsp3) is 0.500. The molecule has 1 fully saturated rings. The van der Waals surface area contributed by atoms with Crippen molar-refractivity contribution in [1.82, 2.24) is 0 Å². The van der Waals surface area contributed by atoms with Crippen LogP contribution < -0.4 is 15.1 Å². The zero-order chi connectivity index (χ0) is 27.8. The molecule has 3 rings (SSSR count). The minimum atomic E-state index is -0.811. The molecule has 37 heavy (non-hydrogen) atoms. The summed E-state index contributed by atoms with van der Waals surface area (Å²) >= 11 is 6.49. The molecule has 1 atom stereocenters. The van der Waals surface area contributed by atoms with Gasteiger partial charge in [0.1, 0.15) is 11.4 Å². The predicted molar refractivity (Wildman–Crippen MR) is 147 cm³/mol. The van der Waals surface area contributed by atoms with Gasteiger partial charge in [-0.3, -0.25) is 4.79 Å². The molecule has 200 valence electrons. The molecule has 1 aliphatic rings. The summed E-state index contributed by atoms with van der Waals surface area (Å²) in [4.78, 5) is 27.7. The fourth-order valence-electron chi connectivity index (χ4n) is 3.78. The third kappa shape index (κ3) is 6.48. The third-order valence-corrected chi connectivity index (χ3v) is 6.94. The Bertz CT molecular complexity index is 1140. The van der Waals surface area contributed by atoms with E-state index in [4.69, 9.17) is 30.4 Å². The van der Waals surface area contributed by atoms with Crippen molar-refractivity contribution in [1.29, 1.82) is 0 Å². The molecule has 0 aromatic heterocycles. The quantitative estimate of drug-likeness (QED) is 0.352. The van der Waals surface area contributed by atoms with Crippen LogP contribution in [0.15, 0.2) is 42.5 Å². The van der Waals surface area contributed by atoms with Crippen molar-refractivity contribution in [3.63, 3.8) is 0 Å². The van der Waals surface area contributed by atoms with Crippen LogP contribution >= 0.6 is 11.6 Å². The Labute approximate surface area is 225 Å². The largest absolute Gasteiger partial charge is 0.496 e. The zero-order valence-corrected chi connectivity index (χ0v) is 23.9. The number of nitrogens with zero attached hydrogens (tertiary/aromatic N) is 1. The highest BCUT2D eigenvalue weighted by molar-refractivity contribution is 6.65. The third-order valence-electron chi connectivity index (χ3n) is 6.59. The highest BCUT2D eigenvalue weighted by Crippen LogP contribution is 2.37. The lowest BCUT2D eigenvalue weighted by Crippen LogP contribution is -2.41. The van der Waals surface area contributed by atoms with Gasteiger partial charge >= 0.3 is 13.1 Å². The van der Waals surface area contributed by atoms with Gasteiger partial charge in [0, 0.05) is 23.1 Å². The standard InChI is InChI=1S/C28H37BClNO6/c1-10-22(25(33)35-26(2,3)4)34-23-14-12-11-13-21(23)31(9)24(32)18-15-16-20(30)19(17-18)29-36-27(5,6)28(7,8)37-29/h11-17,22H,10H2,1-9H3. The van der Waals surface area contributed by atoms with Gasteiger partial charge in [-0.2, -0.15) is 0 Å². The Morgan fingerprint density at radius 2 is 1.65 bits per heavy atom. The van der Waals surface area contributed by atoms with Crippen LogP contribution in [0.4, 0.5) is 5.69 Å². The molecule has 2 aromatic carbocycles. The number of hydrogen-bond acceptors (Lipinski definition) is 6. The summed E-state index contributed by atoms with van der Waals surface area (Å²) in [5.41, 5.74) is -0.216. The molecular formula is C28H37BClNO6. The number of amides is 1. The van der Waals surface area contributed by atoms with Gasteiger partial charge in [-0.05, 0) is 85.2 Å². The second kappa shape index (κ2) is 10.7. The normalized spacial score (nSPS) is 17.3. The van der Waals surface area contributed by atoms with Crippen LogP contribution in [0, 0.1) is 0 Å². The Morgan fingerprint density at radius 1 is 1.05 bits per heavy atom. The SMILES string of the molecule is CCC(Oc1ccccc1N(C)C(=O)c1ccc(Cl)c(B2OC(C)(C)C(C)(C)O2)c1)C(=O)OC(C)(C)C. The average molecular weight is 530 g/mol. The molecule has 1 aliphatic heterocycles. The first kappa shape index (κ1) is 29.0. The maximum absolute atomic E-state index is 13.6. The highest BCUT2D eigenvalue weighted by atomic mass is 35.5. The number of rotatable bonds is 7. The van der Waals surface area contributed by atoms with Crippen molar-refractivity contribution >= 4 is 41.7 Å². The van der Waals surface area contributed by atoms with E-state index in [0.717, 1.165) is 0 Å². The molecule has 2 aromatic rings. The first-order chi connectivity index (χ1) is 17.1. The van der Waals surface area contributed by atoms with E-state index in [0.29, 0.717) is 33.9 Å². The number of halogens is 1. The molecule has 1 heterocycles. The number of anilines is 1. The Balaban J connectivity index is 1.86. The van der Waals surface area contributed by atoms with Gasteiger partial charge in [-0.25, -0.2) is 4.79 Å². The molecule has 0 aliphatic carbocycles. The lowest BCUT2D eigenvalue weighted by Gasteiger charge is -2.32. The molecule has 0 bridgehead atoms. The molecule has 1 saturated heterocycles. The Kier molecular flexibility index (Phi) is 8.37. The van der Waals surface area contributed by atoms with Crippen LogP contribution in [0.2, 0.25) is 5.02 Å². The van der Waals surface area contributed by atoms with Gasteiger partial charge in [0.15, 0.2) is 6.10 Å². The summed E-state index contributed by atoms with van der Waals surface area (Å²) < 4.78 is 23.8. The smallest absolute Gasteiger partial charge is 0.477 e. The van der Waals surface area contributed by atoms with E-state index >= 15 is 0 Å². The van der Waals surface area contributed by atoms with E-state index in [1.54, 1.807) is 49.5 Å². The van der Waals surface area contributed by atoms with E-state index in [1.807, 2.05) is 55.4 Å². The number of carbonyl (C=O) groups excluding carboxylic acids is 2. The fourth-order valence-corrected chi connectivity index (χ4v) is 3.99. The molecule has 0 saturated carbocycles. The van der Waals surface area contributed by atoms with Crippen LogP contribution in [0.25, 0.3) is 0 Å². The average Bonchev–Trinajstić information content (AvgIpc) is 3.02. The van der Waals surface area contributed by atoms with E-state index in [-0.39, 0.29) is 5.91 Å². The molecule has 0 spiro atoms. The number of para-hydroxylation sites is 2. The second-order valence-electron chi connectivity index (χ2n) is 11.2. The number of esters is 1. The molecule has 1 amide bonds. The number of hydrogen-bond donors (Lipinski definition) is 0. The summed E-state index contributed by atoms with van der Waals surface area (Å²) in [5, 5.41) is 0.449. The molecule has 9 heteroatoms. The summed E-state index contributed by atoms with van der Waals surface area (Å²) in [6.07, 6.45) is -0.399. The lowest BCUT2D eigenvalue weighted by atomic mass is 9.78. The van der Waals surface area contributed by atoms with Crippen molar-refractivity contribution in [3.05, 3.63) is 53.1 Å². The molecule has 0 N–H and O–H groups in total. The summed E-state index contributed by atoms with van der Waals surface area (Å²) in [6.45, 7) is 15.1. The molecule has 7 nitrogen and oxygen atoms in total. The maximum Gasteiger partial charge on any atom is 0.496 e. The van der Waals surface area contributed by atoms with E-state index < -0.39 is 36.0 Å². The number of ether oxygens (including phenoxy) is 2. The van der Waals surface area contributed by atoms with E-state index in [9.17, 15) is 9.59 Å². The monoisotopic (exact) mass is 529 g/mol. The minimum absolute atomic E-state index is 0.282. The van der Waals surface area contributed by atoms with Crippen LogP contribution in [0.5, 0.6) is 5.75 Å². The van der Waals surface area contributed by atoms with Crippen LogP contribution in [-0.4, -0.2) is 48.9 Å². The van der Waals surface area contributed by atoms with Crippen molar-refractivity contribution in [2.24, 2.45) is 0 Å². The molecule has 1 unspecified atom stereocenters. The topological polar surface area (TPSA) is 74.3 Å². The second-order valence-corrected chi connectivity index (χ2v) is 11.6. The van der Waals surface area contributed by atoms with Crippen LogP contribution in [-0.2, 0) is 18.8 Å². The van der Waals surface area contributed by atoms with Gasteiger partial charge in [0.25, 0.3) is 5.91 Å². The van der Waals surface area contributed by atoms with Crippen LogP contribution in [0.1, 0.15) is 72.2 Å². The number of benzene rings is 2. The Hall–Kier alpha value is -2.55. The summed E-state index contributed by atoms with van der Waals surface area (Å²) in [6, 6.07) is 12.1. The summed E-state index contributed by atoms with van der Waals surface area (Å²) in [7, 11) is 0.951. The highest BCUT2D eigenvalue weighted by Gasteiger charge is 2.52. The maximum atomic E-state index is 13.6. The van der Waals surface area contributed by atoms with Gasteiger partial charge in [-0.15, -0.1) is 0 Å². The predicted octanol–water partition coefficient (Wildman–Crippen LogP) is 5.41. The van der Waals surface area contributed by atoms with Gasteiger partial charge in [0.05, 0.1) is 16.9 Å². The minimum Gasteiger partial charge on any atom is -0.477 e. The molecule has 0 radical (unpaired) electrons. The lowest BCUT2D eigenvalue weighted by molar-refractivity contribution is -0.163. The van der Waals surface area contributed by atoms with Crippen molar-refractivity contribution in [3.8, 4) is 5.75 Å². The van der Waals surface area contributed by atoms with E-state index in [2.05, 4.69) is 0 Å². The Morgan fingerprint density at radius 3 is 2.22 bits per heavy atom. The van der Waals surface area contributed by atoms with Gasteiger partial charge in [0.2, 0.25) is 0 Å². The van der Waals surface area contributed by atoms with Crippen molar-refractivity contribution in [2.75, 3.05) is 11.9 Å². The van der Waals surface area contributed by atoms with Gasteiger partial charge in [-0.1, -0.05) is 30.7 Å². The van der Waals surface area contributed by atoms with E-state index in [1.165, 1.54) is 4.90 Å². The first-order valence-corrected chi connectivity index (χ1v) is 12.9. The summed E-state index contributed by atoms with van der Waals surface area (Å²) in [5.74, 6) is -0.337. The van der Waals surface area contributed by atoms with Crippen molar-refractivity contribution < 1.29 is 28.4 Å². The zero-order valence-electron chi connectivity index (χ0n) is 23.2. The number of carbonyl (C=O) groups is 2. The van der Waals surface area contributed by atoms with Gasteiger partial charge < -0.3 is 23.7 Å². The van der Waals surface area contributed by atoms with Crippen molar-refractivity contribution in [2.45, 2.75) is 84.7 Å².